The van der Waals surface area contributed by atoms with Gasteiger partial charge >= 0.3 is 0 Å². The molecular weight excluding hydrogens is 248 g/mol. The molecule has 3 rings (SSSR count). The van der Waals surface area contributed by atoms with Gasteiger partial charge in [0.25, 0.3) is 0 Å². The van der Waals surface area contributed by atoms with Crippen LogP contribution >= 0.6 is 0 Å². The van der Waals surface area contributed by atoms with Gasteiger partial charge in [-0.3, -0.25) is 4.90 Å². The van der Waals surface area contributed by atoms with E-state index in [1.807, 2.05) is 16.9 Å². The molecule has 0 atom stereocenters. The Morgan fingerprint density at radius 1 is 1.20 bits per heavy atom. The van der Waals surface area contributed by atoms with Gasteiger partial charge in [-0.1, -0.05) is 12.1 Å². The van der Waals surface area contributed by atoms with Crippen molar-refractivity contribution < 1.29 is 0 Å². The normalized spacial score (nSPS) is 17.4. The van der Waals surface area contributed by atoms with Gasteiger partial charge in [0.05, 0.1) is 5.69 Å². The molecular formula is C16H22N4. The zero-order valence-corrected chi connectivity index (χ0v) is 12.0. The van der Waals surface area contributed by atoms with Crippen LogP contribution in [0.2, 0.25) is 0 Å². The van der Waals surface area contributed by atoms with Crippen LogP contribution in [0.15, 0.2) is 42.7 Å². The van der Waals surface area contributed by atoms with Crippen molar-refractivity contribution >= 4 is 0 Å². The Kier molecular flexibility index (Phi) is 4.14. The Labute approximate surface area is 120 Å². The first-order valence-electron chi connectivity index (χ1n) is 7.34. The molecule has 4 nitrogen and oxygen atoms in total. The molecule has 20 heavy (non-hydrogen) atoms. The fraction of sp³-hybridized carbons (Fsp3) is 0.438. The van der Waals surface area contributed by atoms with Gasteiger partial charge in [-0.15, -0.1) is 0 Å². The summed E-state index contributed by atoms with van der Waals surface area (Å²) in [6.07, 6.45) is 6.28. The second kappa shape index (κ2) is 6.20. The van der Waals surface area contributed by atoms with Gasteiger partial charge in [-0.2, -0.15) is 5.10 Å². The minimum Gasteiger partial charge on any atom is -0.317 e. The van der Waals surface area contributed by atoms with Gasteiger partial charge in [0, 0.05) is 25.0 Å². The molecule has 0 unspecified atom stereocenters. The predicted molar refractivity (Wildman–Crippen MR) is 80.9 cm³/mol. The number of hydrogen-bond acceptors (Lipinski definition) is 3. The highest BCUT2D eigenvalue weighted by atomic mass is 15.3. The van der Waals surface area contributed by atoms with Crippen LogP contribution in [0.25, 0.3) is 5.69 Å². The fourth-order valence-corrected chi connectivity index (χ4v) is 2.81. The predicted octanol–water partition coefficient (Wildman–Crippen LogP) is 2.06. The Hall–Kier alpha value is -1.65. The van der Waals surface area contributed by atoms with Crippen molar-refractivity contribution in [3.8, 4) is 5.69 Å². The molecule has 1 fully saturated rings. The molecule has 1 saturated heterocycles. The van der Waals surface area contributed by atoms with E-state index < -0.39 is 0 Å². The third-order valence-corrected chi connectivity index (χ3v) is 4.11. The molecule has 0 amide bonds. The van der Waals surface area contributed by atoms with Crippen LogP contribution in [0, 0.1) is 0 Å². The third-order valence-electron chi connectivity index (χ3n) is 4.11. The molecule has 106 valence electrons. The fourth-order valence-electron chi connectivity index (χ4n) is 2.81. The number of nitrogens with one attached hydrogen (secondary N) is 1. The van der Waals surface area contributed by atoms with Crippen LogP contribution in [-0.2, 0) is 6.54 Å². The topological polar surface area (TPSA) is 33.1 Å². The first-order chi connectivity index (χ1) is 9.85. The summed E-state index contributed by atoms with van der Waals surface area (Å²) in [6.45, 7) is 3.43. The van der Waals surface area contributed by atoms with Crippen LogP contribution in [0.5, 0.6) is 0 Å². The molecule has 0 spiro atoms. The highest BCUT2D eigenvalue weighted by molar-refractivity contribution is 5.33. The summed E-state index contributed by atoms with van der Waals surface area (Å²) in [6, 6.07) is 11.3. The van der Waals surface area contributed by atoms with Crippen molar-refractivity contribution in [3.05, 3.63) is 48.3 Å². The third kappa shape index (κ3) is 3.08. The maximum Gasteiger partial charge on any atom is 0.0645 e. The zero-order valence-electron chi connectivity index (χ0n) is 12.0. The van der Waals surface area contributed by atoms with E-state index in [4.69, 9.17) is 0 Å². The van der Waals surface area contributed by atoms with Gasteiger partial charge in [-0.25, -0.2) is 4.68 Å². The molecule has 0 bridgehead atoms. The van der Waals surface area contributed by atoms with E-state index in [0.717, 1.165) is 12.2 Å². The quantitative estimate of drug-likeness (QED) is 0.923. The zero-order chi connectivity index (χ0) is 13.8. The summed E-state index contributed by atoms with van der Waals surface area (Å²) in [5, 5.41) is 7.62. The highest BCUT2D eigenvalue weighted by Crippen LogP contribution is 2.15. The van der Waals surface area contributed by atoms with E-state index in [0.29, 0.717) is 6.04 Å². The molecule has 2 heterocycles. The summed E-state index contributed by atoms with van der Waals surface area (Å²) < 4.78 is 1.89. The van der Waals surface area contributed by atoms with Crippen LogP contribution in [0.1, 0.15) is 18.4 Å². The highest BCUT2D eigenvalue weighted by Gasteiger charge is 2.17. The maximum atomic E-state index is 4.25. The van der Waals surface area contributed by atoms with E-state index in [1.54, 1.807) is 6.20 Å². The molecule has 1 aliphatic rings. The average molecular weight is 270 g/mol. The molecule has 0 saturated carbocycles. The average Bonchev–Trinajstić information content (AvgIpc) is 3.03. The van der Waals surface area contributed by atoms with Crippen molar-refractivity contribution in [2.75, 3.05) is 20.1 Å². The van der Waals surface area contributed by atoms with Gasteiger partial charge in [0.1, 0.15) is 0 Å². The minimum absolute atomic E-state index is 0.702. The van der Waals surface area contributed by atoms with Crippen LogP contribution in [0.4, 0.5) is 0 Å². The van der Waals surface area contributed by atoms with Crippen LogP contribution in [0.3, 0.4) is 0 Å². The molecule has 2 aromatic rings. The lowest BCUT2D eigenvalue weighted by atomic mass is 10.0. The lowest BCUT2D eigenvalue weighted by Gasteiger charge is -2.31. The van der Waals surface area contributed by atoms with E-state index in [-0.39, 0.29) is 0 Å². The van der Waals surface area contributed by atoms with Gasteiger partial charge in [0.2, 0.25) is 0 Å². The number of nitrogens with zero attached hydrogens (tertiary/aromatic N) is 3. The van der Waals surface area contributed by atoms with Crippen molar-refractivity contribution in [3.63, 3.8) is 0 Å². The Morgan fingerprint density at radius 2 is 1.95 bits per heavy atom. The molecule has 0 radical (unpaired) electrons. The minimum atomic E-state index is 0.702. The number of aromatic nitrogens is 2. The lowest BCUT2D eigenvalue weighted by Crippen LogP contribution is -2.40. The Bertz CT molecular complexity index is 510. The molecule has 4 heteroatoms. The van der Waals surface area contributed by atoms with E-state index >= 15 is 0 Å². The van der Waals surface area contributed by atoms with Crippen molar-refractivity contribution in [1.29, 1.82) is 0 Å². The van der Waals surface area contributed by atoms with Crippen molar-refractivity contribution in [2.45, 2.75) is 25.4 Å². The maximum absolute atomic E-state index is 4.25. The van der Waals surface area contributed by atoms with Crippen molar-refractivity contribution in [2.24, 2.45) is 0 Å². The number of likely N-dealkylation sites (tertiary alicyclic amines) is 1. The summed E-state index contributed by atoms with van der Waals surface area (Å²) in [4.78, 5) is 2.54. The van der Waals surface area contributed by atoms with Crippen LogP contribution in [-0.4, -0.2) is 40.9 Å². The van der Waals surface area contributed by atoms with Crippen LogP contribution < -0.4 is 5.32 Å². The smallest absolute Gasteiger partial charge is 0.0645 e. The molecule has 1 N–H and O–H groups in total. The van der Waals surface area contributed by atoms with Crippen molar-refractivity contribution in [1.82, 2.24) is 20.0 Å². The Morgan fingerprint density at radius 3 is 2.55 bits per heavy atom. The second-order valence-corrected chi connectivity index (χ2v) is 5.46. The number of piperidine rings is 1. The number of benzene rings is 1. The number of rotatable bonds is 4. The number of hydrogen-bond donors (Lipinski definition) is 1. The lowest BCUT2D eigenvalue weighted by molar-refractivity contribution is 0.194. The molecule has 1 aliphatic heterocycles. The van der Waals surface area contributed by atoms with Gasteiger partial charge in [0.15, 0.2) is 0 Å². The van der Waals surface area contributed by atoms with E-state index in [1.165, 1.54) is 31.5 Å². The van der Waals surface area contributed by atoms with Gasteiger partial charge in [-0.05, 0) is 56.7 Å². The monoisotopic (exact) mass is 270 g/mol. The van der Waals surface area contributed by atoms with E-state index in [2.05, 4.69) is 46.6 Å². The Balaban J connectivity index is 1.59. The summed E-state index contributed by atoms with van der Waals surface area (Å²) in [5.74, 6) is 0. The molecule has 1 aromatic heterocycles. The summed E-state index contributed by atoms with van der Waals surface area (Å²) in [7, 11) is 2.06. The first kappa shape index (κ1) is 13.3. The first-order valence-corrected chi connectivity index (χ1v) is 7.34. The molecule has 0 aliphatic carbocycles. The standard InChI is InChI=1S/C16H22N4/c1-17-15-7-11-19(12-8-15)13-14-3-5-16(6-4-14)20-10-2-9-18-20/h2-6,9-10,15,17H,7-8,11-13H2,1H3. The summed E-state index contributed by atoms with van der Waals surface area (Å²) >= 11 is 0. The van der Waals surface area contributed by atoms with E-state index in [9.17, 15) is 0 Å². The largest absolute Gasteiger partial charge is 0.317 e. The second-order valence-electron chi connectivity index (χ2n) is 5.46. The molecule has 1 aromatic carbocycles. The SMILES string of the molecule is CNC1CCN(Cc2ccc(-n3cccn3)cc2)CC1. The summed E-state index contributed by atoms with van der Waals surface area (Å²) in [5.41, 5.74) is 2.50. The van der Waals surface area contributed by atoms with Gasteiger partial charge < -0.3 is 5.32 Å².